The van der Waals surface area contributed by atoms with Crippen LogP contribution in [-0.4, -0.2) is 23.4 Å². The molecule has 2 aromatic heterocycles. The van der Waals surface area contributed by atoms with E-state index >= 15 is 0 Å². The van der Waals surface area contributed by atoms with E-state index < -0.39 is 0 Å². The number of carbonyl (C=O) groups excluding carboxylic acids is 3. The Morgan fingerprint density at radius 2 is 1.81 bits per heavy atom. The zero-order valence-electron chi connectivity index (χ0n) is 17.0. The Hall–Kier alpha value is -2.42. The van der Waals surface area contributed by atoms with Crippen LogP contribution in [0.5, 0.6) is 0 Å². The van der Waals surface area contributed by atoms with Gasteiger partial charge in [0.05, 0.1) is 16.2 Å². The molecule has 5 nitrogen and oxygen atoms in total. The second-order valence-corrected chi connectivity index (χ2v) is 10.4. The van der Waals surface area contributed by atoms with E-state index in [-0.39, 0.29) is 23.4 Å². The molecule has 0 saturated heterocycles. The molecule has 0 spiro atoms. The highest BCUT2D eigenvalue weighted by atomic mass is 32.2. The minimum atomic E-state index is -0.130. The first-order chi connectivity index (χ1) is 15.0. The van der Waals surface area contributed by atoms with Crippen LogP contribution in [0.1, 0.15) is 45.4 Å². The fourth-order valence-electron chi connectivity index (χ4n) is 3.57. The van der Waals surface area contributed by atoms with Crippen molar-refractivity contribution in [3.8, 4) is 0 Å². The third kappa shape index (κ3) is 5.26. The molecule has 0 saturated carbocycles. The lowest BCUT2D eigenvalue weighted by molar-refractivity contribution is -0.114. The first-order valence-electron chi connectivity index (χ1n) is 10.0. The van der Waals surface area contributed by atoms with E-state index in [0.717, 1.165) is 41.8 Å². The predicted molar refractivity (Wildman–Crippen MR) is 129 cm³/mol. The Kier molecular flexibility index (Phi) is 6.89. The number of fused-ring (bicyclic) bond motifs is 1. The molecule has 2 N–H and O–H groups in total. The van der Waals surface area contributed by atoms with Gasteiger partial charge in [0.25, 0.3) is 0 Å². The minimum Gasteiger partial charge on any atom is -0.326 e. The third-order valence-electron chi connectivity index (χ3n) is 4.94. The zero-order chi connectivity index (χ0) is 21.8. The largest absolute Gasteiger partial charge is 0.326 e. The Balaban J connectivity index is 1.46. The van der Waals surface area contributed by atoms with Gasteiger partial charge in [-0.3, -0.25) is 14.4 Å². The number of anilines is 2. The van der Waals surface area contributed by atoms with Gasteiger partial charge in [0.1, 0.15) is 5.00 Å². The lowest BCUT2D eigenvalue weighted by atomic mass is 9.93. The summed E-state index contributed by atoms with van der Waals surface area (Å²) in [4.78, 5) is 39.8. The van der Waals surface area contributed by atoms with Crippen molar-refractivity contribution in [1.29, 1.82) is 0 Å². The Bertz CT molecular complexity index is 1100. The average molecular weight is 471 g/mol. The van der Waals surface area contributed by atoms with Gasteiger partial charge in [-0.1, -0.05) is 6.07 Å². The van der Waals surface area contributed by atoms with Crippen molar-refractivity contribution in [3.63, 3.8) is 0 Å². The van der Waals surface area contributed by atoms with Gasteiger partial charge in [0, 0.05) is 22.4 Å². The van der Waals surface area contributed by atoms with E-state index in [2.05, 4.69) is 10.6 Å². The fourth-order valence-corrected chi connectivity index (χ4v) is 6.25. The summed E-state index contributed by atoms with van der Waals surface area (Å²) in [7, 11) is 0. The normalized spacial score (nSPS) is 12.8. The number of thioether (sulfide) groups is 1. The van der Waals surface area contributed by atoms with Crippen LogP contribution in [0.4, 0.5) is 10.7 Å². The molecule has 160 valence electrons. The number of nitrogens with one attached hydrogen (secondary N) is 2. The second-order valence-electron chi connectivity index (χ2n) is 7.26. The van der Waals surface area contributed by atoms with E-state index in [0.29, 0.717) is 15.4 Å². The monoisotopic (exact) mass is 470 g/mol. The van der Waals surface area contributed by atoms with Gasteiger partial charge >= 0.3 is 0 Å². The van der Waals surface area contributed by atoms with Crippen LogP contribution < -0.4 is 10.6 Å². The molecule has 31 heavy (non-hydrogen) atoms. The van der Waals surface area contributed by atoms with Crippen molar-refractivity contribution in [2.75, 3.05) is 16.4 Å². The van der Waals surface area contributed by atoms with Crippen molar-refractivity contribution >= 4 is 62.7 Å². The summed E-state index contributed by atoms with van der Waals surface area (Å²) in [6.45, 7) is 1.47. The van der Waals surface area contributed by atoms with Crippen LogP contribution in [0.3, 0.4) is 0 Å². The first kappa shape index (κ1) is 21.8. The highest BCUT2D eigenvalue weighted by Crippen LogP contribution is 2.40. The summed E-state index contributed by atoms with van der Waals surface area (Å²) in [6.07, 6.45) is 4.06. The Labute approximate surface area is 193 Å². The SMILES string of the molecule is CC(=O)Nc1ccc(SCC(=O)Nc2sc3c(c2C(=O)c2cccs2)CCCC3)cc1. The number of thiophene rings is 2. The van der Waals surface area contributed by atoms with Crippen LogP contribution in [0.2, 0.25) is 0 Å². The van der Waals surface area contributed by atoms with Crippen molar-refractivity contribution in [2.45, 2.75) is 37.5 Å². The van der Waals surface area contributed by atoms with Gasteiger partial charge < -0.3 is 10.6 Å². The molecule has 1 aliphatic rings. The molecule has 0 unspecified atom stereocenters. The lowest BCUT2D eigenvalue weighted by Gasteiger charge is -2.12. The number of aryl methyl sites for hydroxylation is 1. The Morgan fingerprint density at radius 3 is 2.52 bits per heavy atom. The maximum atomic E-state index is 13.2. The summed E-state index contributed by atoms with van der Waals surface area (Å²) in [6, 6.07) is 11.1. The van der Waals surface area contributed by atoms with Crippen LogP contribution in [0, 0.1) is 0 Å². The molecule has 1 aromatic carbocycles. The number of carbonyl (C=O) groups is 3. The summed E-state index contributed by atoms with van der Waals surface area (Å²) in [5.41, 5.74) is 2.52. The molecule has 8 heteroatoms. The van der Waals surface area contributed by atoms with E-state index in [4.69, 9.17) is 0 Å². The summed E-state index contributed by atoms with van der Waals surface area (Å²) in [5.74, 6) is 0.00121. The lowest BCUT2D eigenvalue weighted by Crippen LogP contribution is -2.16. The molecular weight excluding hydrogens is 448 g/mol. The maximum Gasteiger partial charge on any atom is 0.235 e. The van der Waals surface area contributed by atoms with Crippen LogP contribution in [0.25, 0.3) is 0 Å². The Morgan fingerprint density at radius 1 is 1.03 bits per heavy atom. The molecule has 2 heterocycles. The van der Waals surface area contributed by atoms with E-state index in [9.17, 15) is 14.4 Å². The molecular formula is C23H22N2O3S3. The topological polar surface area (TPSA) is 75.3 Å². The molecule has 4 rings (SSSR count). The molecule has 0 atom stereocenters. The number of hydrogen-bond acceptors (Lipinski definition) is 6. The van der Waals surface area contributed by atoms with Crippen molar-refractivity contribution in [3.05, 3.63) is 62.7 Å². The average Bonchev–Trinajstić information content (AvgIpc) is 3.40. The number of hydrogen-bond donors (Lipinski definition) is 2. The standard InChI is InChI=1S/C23H22N2O3S3/c1-14(26)24-15-8-10-16(11-9-15)30-13-20(27)25-23-21(22(28)19-7-4-12-29-19)17-5-2-3-6-18(17)31-23/h4,7-12H,2-3,5-6,13H2,1H3,(H,24,26)(H,25,27). The van der Waals surface area contributed by atoms with Gasteiger partial charge in [0.15, 0.2) is 0 Å². The summed E-state index contributed by atoms with van der Waals surface area (Å²) >= 11 is 4.40. The van der Waals surface area contributed by atoms with Crippen LogP contribution in [0.15, 0.2) is 46.7 Å². The van der Waals surface area contributed by atoms with Crippen LogP contribution >= 0.6 is 34.4 Å². The van der Waals surface area contributed by atoms with Gasteiger partial charge in [-0.2, -0.15) is 0 Å². The van der Waals surface area contributed by atoms with Crippen molar-refractivity contribution in [2.24, 2.45) is 0 Å². The van der Waals surface area contributed by atoms with Crippen molar-refractivity contribution < 1.29 is 14.4 Å². The minimum absolute atomic E-state index is 0.00548. The van der Waals surface area contributed by atoms with Gasteiger partial charge in [-0.25, -0.2) is 0 Å². The number of rotatable bonds is 7. The maximum absolute atomic E-state index is 13.2. The molecule has 0 aliphatic heterocycles. The molecule has 1 aliphatic carbocycles. The number of benzene rings is 1. The van der Waals surface area contributed by atoms with Gasteiger partial charge in [-0.05, 0) is 67.0 Å². The quantitative estimate of drug-likeness (QED) is 0.348. The molecule has 2 amide bonds. The van der Waals surface area contributed by atoms with E-state index in [1.165, 1.54) is 34.9 Å². The molecule has 0 radical (unpaired) electrons. The molecule has 3 aromatic rings. The second kappa shape index (κ2) is 9.80. The van der Waals surface area contributed by atoms with Gasteiger partial charge in [0.2, 0.25) is 17.6 Å². The third-order valence-corrected chi connectivity index (χ3v) is 8.03. The van der Waals surface area contributed by atoms with Crippen LogP contribution in [-0.2, 0) is 22.4 Å². The zero-order valence-corrected chi connectivity index (χ0v) is 19.5. The van der Waals surface area contributed by atoms with E-state index in [1.807, 2.05) is 41.8 Å². The highest BCUT2D eigenvalue weighted by molar-refractivity contribution is 8.00. The molecule has 0 fully saturated rings. The van der Waals surface area contributed by atoms with Crippen molar-refractivity contribution in [1.82, 2.24) is 0 Å². The predicted octanol–water partition coefficient (Wildman–Crippen LogP) is 5.61. The summed E-state index contributed by atoms with van der Waals surface area (Å²) < 4.78 is 0. The fraction of sp³-hybridized carbons (Fsp3) is 0.261. The number of amides is 2. The molecule has 0 bridgehead atoms. The number of ketones is 1. The highest BCUT2D eigenvalue weighted by Gasteiger charge is 2.27. The smallest absolute Gasteiger partial charge is 0.235 e. The van der Waals surface area contributed by atoms with Gasteiger partial charge in [-0.15, -0.1) is 34.4 Å². The van der Waals surface area contributed by atoms with E-state index in [1.54, 1.807) is 11.3 Å². The summed E-state index contributed by atoms with van der Waals surface area (Å²) in [5, 5.41) is 8.31. The first-order valence-corrected chi connectivity index (χ1v) is 12.7.